The minimum absolute atomic E-state index is 0.0821. The van der Waals surface area contributed by atoms with E-state index in [1.54, 1.807) is 0 Å². The van der Waals surface area contributed by atoms with Gasteiger partial charge in [-0.3, -0.25) is 9.59 Å². The quantitative estimate of drug-likeness (QED) is 0.0386. The Morgan fingerprint density at radius 2 is 0.878 bits per heavy atom. The molecule has 0 heterocycles. The molecule has 6 nitrogen and oxygen atoms in total. The number of unbranched alkanes of at least 4 members (excludes halogenated alkanes) is 23. The first-order valence-corrected chi connectivity index (χ1v) is 21.0. The van der Waals surface area contributed by atoms with Crippen LogP contribution in [0.4, 0.5) is 0 Å². The van der Waals surface area contributed by atoms with Gasteiger partial charge in [0.15, 0.2) is 0 Å². The highest BCUT2D eigenvalue weighted by atomic mass is 16.5. The van der Waals surface area contributed by atoms with Crippen LogP contribution in [0, 0.1) is 0 Å². The van der Waals surface area contributed by atoms with Gasteiger partial charge >= 0.3 is 5.97 Å². The van der Waals surface area contributed by atoms with Crippen molar-refractivity contribution in [1.29, 1.82) is 0 Å². The lowest BCUT2D eigenvalue weighted by molar-refractivity contribution is -0.145. The van der Waals surface area contributed by atoms with Crippen molar-refractivity contribution in [3.05, 3.63) is 24.3 Å². The van der Waals surface area contributed by atoms with Crippen LogP contribution in [0.15, 0.2) is 24.3 Å². The van der Waals surface area contributed by atoms with E-state index >= 15 is 0 Å². The molecule has 0 saturated heterocycles. The Balaban J connectivity index is 3.74. The third kappa shape index (κ3) is 35.5. The predicted molar refractivity (Wildman–Crippen MR) is 210 cm³/mol. The Bertz CT molecular complexity index is 810. The first-order chi connectivity index (χ1) is 24.0. The van der Waals surface area contributed by atoms with E-state index in [1.807, 2.05) is 0 Å². The van der Waals surface area contributed by atoms with Crippen LogP contribution >= 0.6 is 0 Å². The van der Waals surface area contributed by atoms with Crippen LogP contribution in [0.1, 0.15) is 213 Å². The molecule has 2 amide bonds. The van der Waals surface area contributed by atoms with Gasteiger partial charge in [0, 0.05) is 19.4 Å². The molecule has 0 radical (unpaired) electrons. The summed E-state index contributed by atoms with van der Waals surface area (Å²) >= 11 is 0. The third-order valence-electron chi connectivity index (χ3n) is 9.39. The fourth-order valence-corrected chi connectivity index (χ4v) is 6.16. The maximum Gasteiger partial charge on any atom is 0.328 e. The van der Waals surface area contributed by atoms with Gasteiger partial charge in [-0.05, 0) is 83.5 Å². The highest BCUT2D eigenvalue weighted by molar-refractivity contribution is 5.84. The van der Waals surface area contributed by atoms with Crippen molar-refractivity contribution in [2.24, 2.45) is 0 Å². The smallest absolute Gasteiger partial charge is 0.328 e. The van der Waals surface area contributed by atoms with Crippen LogP contribution in [0.3, 0.4) is 0 Å². The number of carbonyl (C=O) groups is 3. The third-order valence-corrected chi connectivity index (χ3v) is 9.39. The average Bonchev–Trinajstić information content (AvgIpc) is 3.10. The largest absolute Gasteiger partial charge is 0.467 e. The Kier molecular flexibility index (Phi) is 37.0. The van der Waals surface area contributed by atoms with Gasteiger partial charge in [0.2, 0.25) is 11.8 Å². The van der Waals surface area contributed by atoms with Crippen LogP contribution in [-0.4, -0.2) is 37.5 Å². The first-order valence-electron chi connectivity index (χ1n) is 21.0. The van der Waals surface area contributed by atoms with Crippen LogP contribution in [0.2, 0.25) is 0 Å². The number of allylic oxidation sites excluding steroid dienone is 4. The summed E-state index contributed by atoms with van der Waals surface area (Å²) in [7, 11) is 1.36. The second-order valence-corrected chi connectivity index (χ2v) is 14.2. The second-order valence-electron chi connectivity index (χ2n) is 14.2. The summed E-state index contributed by atoms with van der Waals surface area (Å²) in [4.78, 5) is 36.9. The predicted octanol–water partition coefficient (Wildman–Crippen LogP) is 12.0. The Hall–Kier alpha value is -2.11. The monoisotopic (exact) mass is 689 g/mol. The zero-order valence-electron chi connectivity index (χ0n) is 32.6. The van der Waals surface area contributed by atoms with Crippen molar-refractivity contribution in [2.75, 3.05) is 13.7 Å². The lowest BCUT2D eigenvalue weighted by Crippen LogP contribution is -2.41. The van der Waals surface area contributed by atoms with Gasteiger partial charge < -0.3 is 15.4 Å². The number of carbonyl (C=O) groups excluding carboxylic acids is 3. The highest BCUT2D eigenvalue weighted by Gasteiger charge is 2.20. The number of esters is 1. The van der Waals surface area contributed by atoms with Gasteiger partial charge in [-0.15, -0.1) is 0 Å². The molecule has 1 atom stereocenters. The Morgan fingerprint density at radius 3 is 1.31 bits per heavy atom. The molecule has 0 saturated carbocycles. The molecule has 0 unspecified atom stereocenters. The van der Waals surface area contributed by atoms with E-state index in [4.69, 9.17) is 4.74 Å². The van der Waals surface area contributed by atoms with Crippen molar-refractivity contribution in [3.63, 3.8) is 0 Å². The molecule has 0 aliphatic carbocycles. The molecular formula is C43H80N2O4. The summed E-state index contributed by atoms with van der Waals surface area (Å²) in [6.45, 7) is 5.12. The molecule has 0 spiro atoms. The van der Waals surface area contributed by atoms with E-state index in [0.717, 1.165) is 51.4 Å². The minimum Gasteiger partial charge on any atom is -0.467 e. The van der Waals surface area contributed by atoms with Gasteiger partial charge in [-0.2, -0.15) is 0 Å². The topological polar surface area (TPSA) is 84.5 Å². The lowest BCUT2D eigenvalue weighted by Gasteiger charge is -2.16. The van der Waals surface area contributed by atoms with Crippen LogP contribution in [0.5, 0.6) is 0 Å². The van der Waals surface area contributed by atoms with E-state index in [0.29, 0.717) is 25.8 Å². The molecule has 6 heteroatoms. The van der Waals surface area contributed by atoms with E-state index < -0.39 is 12.0 Å². The molecule has 0 fully saturated rings. The van der Waals surface area contributed by atoms with Crippen molar-refractivity contribution < 1.29 is 19.1 Å². The van der Waals surface area contributed by atoms with Crippen molar-refractivity contribution >= 4 is 17.8 Å². The molecular weight excluding hydrogens is 608 g/mol. The van der Waals surface area contributed by atoms with Crippen LogP contribution in [0.25, 0.3) is 0 Å². The number of methoxy groups -OCH3 is 1. The molecule has 0 aromatic heterocycles. The molecule has 0 bridgehead atoms. The molecule has 0 aromatic carbocycles. The zero-order valence-corrected chi connectivity index (χ0v) is 32.6. The molecule has 286 valence electrons. The van der Waals surface area contributed by atoms with Crippen molar-refractivity contribution in [2.45, 2.75) is 219 Å². The normalized spacial score (nSPS) is 12.1. The first kappa shape index (κ1) is 46.9. The van der Waals surface area contributed by atoms with E-state index in [2.05, 4.69) is 48.8 Å². The maximum atomic E-state index is 12.5. The molecule has 0 rings (SSSR count). The summed E-state index contributed by atoms with van der Waals surface area (Å²) in [5, 5.41) is 5.88. The Labute approximate surface area is 303 Å². The summed E-state index contributed by atoms with van der Waals surface area (Å²) in [5.41, 5.74) is 0. The lowest BCUT2D eigenvalue weighted by atomic mass is 10.1. The number of nitrogens with one attached hydrogen (secondary N) is 2. The van der Waals surface area contributed by atoms with Gasteiger partial charge in [0.05, 0.1) is 7.11 Å². The van der Waals surface area contributed by atoms with Crippen LogP contribution in [-0.2, 0) is 19.1 Å². The van der Waals surface area contributed by atoms with E-state index in [1.165, 1.54) is 136 Å². The van der Waals surface area contributed by atoms with E-state index in [-0.39, 0.29) is 11.8 Å². The number of amides is 2. The standard InChI is InChI=1S/C43H80N2O4/c1-4-6-8-10-12-14-16-18-20-22-24-26-28-30-32-37-41(46)44-39-35-34-36-40(43(48)49-3)45-42(47)38-33-31-29-27-25-23-21-19-17-15-13-11-9-7-5-2/h18-21,40H,4-17,22-39H2,1-3H3,(H,44,46)(H,45,47)/b20-18-,21-19-/t40-/m0/s1. The van der Waals surface area contributed by atoms with Crippen molar-refractivity contribution in [3.8, 4) is 0 Å². The summed E-state index contributed by atoms with van der Waals surface area (Å²) in [5.74, 6) is -0.372. The molecule has 0 aromatic rings. The van der Waals surface area contributed by atoms with E-state index in [9.17, 15) is 14.4 Å². The highest BCUT2D eigenvalue weighted by Crippen LogP contribution is 2.12. The average molecular weight is 689 g/mol. The second kappa shape index (κ2) is 38.7. The molecule has 0 aliphatic heterocycles. The van der Waals surface area contributed by atoms with Gasteiger partial charge in [-0.1, -0.05) is 141 Å². The van der Waals surface area contributed by atoms with Crippen LogP contribution < -0.4 is 10.6 Å². The molecule has 2 N–H and O–H groups in total. The molecule has 0 aliphatic rings. The summed E-state index contributed by atoms with van der Waals surface area (Å²) in [6.07, 6.45) is 44.6. The number of ether oxygens (including phenoxy) is 1. The fourth-order valence-electron chi connectivity index (χ4n) is 6.16. The maximum absolute atomic E-state index is 12.5. The Morgan fingerprint density at radius 1 is 0.490 bits per heavy atom. The van der Waals surface area contributed by atoms with Gasteiger partial charge in [0.1, 0.15) is 6.04 Å². The van der Waals surface area contributed by atoms with Gasteiger partial charge in [-0.25, -0.2) is 4.79 Å². The SMILES string of the molecule is CCCCCCCC/C=C\CCCCCCCC(=O)NCCCC[C@H](NC(=O)CCCCCCC/C=C\CCCCCCCC)C(=O)OC. The summed E-state index contributed by atoms with van der Waals surface area (Å²) < 4.78 is 4.93. The number of hydrogen-bond acceptors (Lipinski definition) is 4. The molecule has 49 heavy (non-hydrogen) atoms. The fraction of sp³-hybridized carbons (Fsp3) is 0.837. The van der Waals surface area contributed by atoms with Gasteiger partial charge in [0.25, 0.3) is 0 Å². The minimum atomic E-state index is -0.618. The van der Waals surface area contributed by atoms with Crippen molar-refractivity contribution in [1.82, 2.24) is 10.6 Å². The number of hydrogen-bond donors (Lipinski definition) is 2. The zero-order chi connectivity index (χ0) is 35.9. The number of rotatable bonds is 37. The summed E-state index contributed by atoms with van der Waals surface area (Å²) in [6, 6.07) is -0.618.